The third-order valence-electron chi connectivity index (χ3n) is 7.33. The van der Waals surface area contributed by atoms with Gasteiger partial charge < -0.3 is 9.72 Å². The summed E-state index contributed by atoms with van der Waals surface area (Å²) in [4.78, 5) is 18.7. The highest BCUT2D eigenvalue weighted by Crippen LogP contribution is 2.27. The number of hydrogen-bond acceptors (Lipinski definition) is 6. The van der Waals surface area contributed by atoms with Crippen LogP contribution in [0.15, 0.2) is 59.4 Å². The van der Waals surface area contributed by atoms with Crippen molar-refractivity contribution in [2.75, 3.05) is 13.2 Å². The topological polar surface area (TPSA) is 88.9 Å². The number of H-pyrrole nitrogens is 1. The van der Waals surface area contributed by atoms with Crippen LogP contribution >= 0.6 is 0 Å². The lowest BCUT2D eigenvalue weighted by atomic mass is 10.0. The average Bonchev–Trinajstić information content (AvgIpc) is 3.59. The van der Waals surface area contributed by atoms with E-state index in [4.69, 9.17) is 4.74 Å². The Bertz CT molecular complexity index is 1360. The predicted molar refractivity (Wildman–Crippen MR) is 144 cm³/mol. The van der Waals surface area contributed by atoms with Crippen LogP contribution in [-0.4, -0.2) is 49.3 Å². The van der Waals surface area contributed by atoms with E-state index in [0.29, 0.717) is 13.1 Å². The summed E-state index contributed by atoms with van der Waals surface area (Å²) >= 11 is 0. The van der Waals surface area contributed by atoms with Gasteiger partial charge in [0.2, 0.25) is 0 Å². The average molecular weight is 501 g/mol. The molecule has 2 atom stereocenters. The van der Waals surface area contributed by atoms with Crippen molar-refractivity contribution in [1.29, 1.82) is 0 Å². The third kappa shape index (κ3) is 5.97. The molecule has 2 aromatic carbocycles. The van der Waals surface area contributed by atoms with Gasteiger partial charge in [-0.3, -0.25) is 9.69 Å². The Morgan fingerprint density at radius 3 is 2.84 bits per heavy atom. The van der Waals surface area contributed by atoms with Crippen LogP contribution in [0.25, 0.3) is 10.9 Å². The lowest BCUT2D eigenvalue weighted by Crippen LogP contribution is -2.35. The van der Waals surface area contributed by atoms with E-state index in [1.807, 2.05) is 35.9 Å². The number of hydrogen-bond donors (Lipinski definition) is 1. The van der Waals surface area contributed by atoms with Crippen molar-refractivity contribution in [3.05, 3.63) is 87.5 Å². The van der Waals surface area contributed by atoms with Gasteiger partial charge in [-0.15, -0.1) is 5.10 Å². The molecule has 0 radical (unpaired) electrons. The fraction of sp³-hybridized carbons (Fsp3) is 0.448. The Morgan fingerprint density at radius 1 is 1.19 bits per heavy atom. The molecule has 2 aromatic heterocycles. The normalized spacial score (nSPS) is 16.6. The minimum Gasteiger partial charge on any atom is -0.376 e. The first-order valence-electron chi connectivity index (χ1n) is 13.4. The highest BCUT2D eigenvalue weighted by molar-refractivity contribution is 5.81. The van der Waals surface area contributed by atoms with E-state index in [1.54, 1.807) is 0 Å². The molecule has 0 unspecified atom stereocenters. The molecular formula is C29H36N6O2. The van der Waals surface area contributed by atoms with E-state index < -0.39 is 0 Å². The van der Waals surface area contributed by atoms with Gasteiger partial charge in [0.15, 0.2) is 5.82 Å². The zero-order valence-corrected chi connectivity index (χ0v) is 21.8. The van der Waals surface area contributed by atoms with Crippen molar-refractivity contribution in [3.63, 3.8) is 0 Å². The van der Waals surface area contributed by atoms with Crippen LogP contribution < -0.4 is 5.56 Å². The van der Waals surface area contributed by atoms with Crippen LogP contribution in [0.3, 0.4) is 0 Å². The van der Waals surface area contributed by atoms with Gasteiger partial charge >= 0.3 is 0 Å². The van der Waals surface area contributed by atoms with Gasteiger partial charge in [-0.05, 0) is 65.6 Å². The van der Waals surface area contributed by atoms with E-state index in [1.165, 1.54) is 5.56 Å². The second kappa shape index (κ2) is 11.8. The number of nitrogens with zero attached hydrogens (tertiary/aromatic N) is 5. The minimum absolute atomic E-state index is 0.0160. The second-order valence-corrected chi connectivity index (χ2v) is 10.0. The van der Waals surface area contributed by atoms with Crippen molar-refractivity contribution in [3.8, 4) is 0 Å². The molecule has 5 rings (SSSR count). The molecule has 1 aliphatic rings. The summed E-state index contributed by atoms with van der Waals surface area (Å²) in [5.41, 5.74) is 3.95. The summed E-state index contributed by atoms with van der Waals surface area (Å²) < 4.78 is 7.79. The van der Waals surface area contributed by atoms with Crippen LogP contribution in [0.4, 0.5) is 0 Å². The molecule has 0 amide bonds. The molecule has 0 bridgehead atoms. The van der Waals surface area contributed by atoms with E-state index in [2.05, 4.69) is 62.7 Å². The standard InChI is InChI=1S/C29H36N6O2/c1-3-9-26(28-31-32-33-35(28)20-25-14-8-17-37-25)34(16-15-22-11-5-4-6-12-22)19-24-18-23-13-7-10-21(2)27(23)30-29(24)36/h4-7,10-13,18,25-26H,3,8-9,14-17,19-20H2,1-2H3,(H,30,36)/t25-,26-/m0/s1. The van der Waals surface area contributed by atoms with Gasteiger partial charge in [0.25, 0.3) is 5.56 Å². The summed E-state index contributed by atoms with van der Waals surface area (Å²) in [5, 5.41) is 13.9. The van der Waals surface area contributed by atoms with Gasteiger partial charge in [-0.1, -0.05) is 61.9 Å². The number of ether oxygens (including phenoxy) is 1. The number of para-hydroxylation sites is 1. The molecule has 1 N–H and O–H groups in total. The van der Waals surface area contributed by atoms with E-state index >= 15 is 0 Å². The number of fused-ring (bicyclic) bond motifs is 1. The predicted octanol–water partition coefficient (Wildman–Crippen LogP) is 4.59. The number of aromatic nitrogens is 5. The fourth-order valence-electron chi connectivity index (χ4n) is 5.34. The van der Waals surface area contributed by atoms with Crippen molar-refractivity contribution >= 4 is 10.9 Å². The Balaban J connectivity index is 1.48. The molecule has 1 aliphatic heterocycles. The number of tetrazole rings is 1. The highest BCUT2D eigenvalue weighted by atomic mass is 16.5. The molecule has 3 heterocycles. The zero-order chi connectivity index (χ0) is 25.6. The number of benzene rings is 2. The highest BCUT2D eigenvalue weighted by Gasteiger charge is 2.28. The first kappa shape index (κ1) is 25.3. The number of aryl methyl sites for hydroxylation is 1. The number of rotatable bonds is 11. The van der Waals surface area contributed by atoms with Gasteiger partial charge in [0.05, 0.1) is 24.2 Å². The van der Waals surface area contributed by atoms with E-state index in [9.17, 15) is 4.79 Å². The number of aromatic amines is 1. The molecule has 8 heteroatoms. The molecule has 194 valence electrons. The van der Waals surface area contributed by atoms with Gasteiger partial charge in [0.1, 0.15) is 0 Å². The quantitative estimate of drug-likeness (QED) is 0.324. The Hall–Kier alpha value is -3.36. The molecular weight excluding hydrogens is 464 g/mol. The van der Waals surface area contributed by atoms with Crippen LogP contribution in [0.1, 0.15) is 61.2 Å². The van der Waals surface area contributed by atoms with Crippen molar-refractivity contribution in [1.82, 2.24) is 30.1 Å². The Morgan fingerprint density at radius 2 is 2.05 bits per heavy atom. The summed E-state index contributed by atoms with van der Waals surface area (Å²) in [6.07, 6.45) is 5.00. The summed E-state index contributed by atoms with van der Waals surface area (Å²) in [6.45, 7) is 6.96. The largest absolute Gasteiger partial charge is 0.376 e. The second-order valence-electron chi connectivity index (χ2n) is 10.0. The maximum absolute atomic E-state index is 13.2. The van der Waals surface area contributed by atoms with Crippen molar-refractivity contribution in [2.45, 2.75) is 71.2 Å². The first-order valence-corrected chi connectivity index (χ1v) is 13.4. The third-order valence-corrected chi connectivity index (χ3v) is 7.33. The molecule has 37 heavy (non-hydrogen) atoms. The van der Waals surface area contributed by atoms with Crippen molar-refractivity contribution in [2.24, 2.45) is 0 Å². The Kier molecular flexibility index (Phi) is 8.06. The molecule has 1 fully saturated rings. The van der Waals surface area contributed by atoms with Crippen LogP contribution in [-0.2, 0) is 24.2 Å². The van der Waals surface area contributed by atoms with Gasteiger partial charge in [0, 0.05) is 25.3 Å². The number of nitrogens with one attached hydrogen (secondary N) is 1. The molecule has 4 aromatic rings. The smallest absolute Gasteiger partial charge is 0.252 e. The number of pyridine rings is 1. The zero-order valence-electron chi connectivity index (χ0n) is 21.8. The monoisotopic (exact) mass is 500 g/mol. The van der Waals surface area contributed by atoms with Crippen molar-refractivity contribution < 1.29 is 4.74 Å². The van der Waals surface area contributed by atoms with Crippen LogP contribution in [0.2, 0.25) is 0 Å². The Labute approximate surface area is 217 Å². The SMILES string of the molecule is CCC[C@@H](c1nnnn1C[C@@H]1CCCO1)N(CCc1ccccc1)Cc1cc2cccc(C)c2[nH]c1=O. The first-order chi connectivity index (χ1) is 18.1. The van der Waals surface area contributed by atoms with E-state index in [0.717, 1.165) is 73.1 Å². The van der Waals surface area contributed by atoms with Crippen LogP contribution in [0, 0.1) is 6.92 Å². The lowest BCUT2D eigenvalue weighted by Gasteiger charge is -2.31. The molecule has 0 aliphatic carbocycles. The summed E-state index contributed by atoms with van der Waals surface area (Å²) in [7, 11) is 0. The van der Waals surface area contributed by atoms with E-state index in [-0.39, 0.29) is 17.7 Å². The summed E-state index contributed by atoms with van der Waals surface area (Å²) in [6, 6.07) is 18.6. The van der Waals surface area contributed by atoms with Crippen LogP contribution in [0.5, 0.6) is 0 Å². The maximum atomic E-state index is 13.2. The fourth-order valence-corrected chi connectivity index (χ4v) is 5.34. The lowest BCUT2D eigenvalue weighted by molar-refractivity contribution is 0.0890. The minimum atomic E-state index is -0.0410. The molecule has 8 nitrogen and oxygen atoms in total. The molecule has 1 saturated heterocycles. The molecule has 0 saturated carbocycles. The van der Waals surface area contributed by atoms with Gasteiger partial charge in [-0.25, -0.2) is 4.68 Å². The van der Waals surface area contributed by atoms with Gasteiger partial charge in [-0.2, -0.15) is 0 Å². The summed E-state index contributed by atoms with van der Waals surface area (Å²) in [5.74, 6) is 0.846. The molecule has 0 spiro atoms. The maximum Gasteiger partial charge on any atom is 0.252 e.